The zero-order valence-corrected chi connectivity index (χ0v) is 16.3. The summed E-state index contributed by atoms with van der Waals surface area (Å²) in [5.74, 6) is -0.187. The largest absolute Gasteiger partial charge is 0.328 e. The number of hydrogen-bond acceptors (Lipinski definition) is 4. The van der Waals surface area contributed by atoms with Gasteiger partial charge in [-0.2, -0.15) is 0 Å². The third-order valence-corrected chi connectivity index (χ3v) is 4.82. The Hall–Kier alpha value is -2.90. The SMILES string of the molecule is Cc1ccc(-n2[nH]c(C(=O)N3CCNCC3c3cccnc3)cc2=O)cc1.Cl. The molecular weight excluding hydrogens is 378 g/mol. The summed E-state index contributed by atoms with van der Waals surface area (Å²) in [5.41, 5.74) is 2.81. The number of benzene rings is 1. The summed E-state index contributed by atoms with van der Waals surface area (Å²) in [4.78, 5) is 31.5. The Morgan fingerprint density at radius 1 is 1.21 bits per heavy atom. The molecule has 7 nitrogen and oxygen atoms in total. The minimum atomic E-state index is -0.254. The number of rotatable bonds is 3. The molecule has 1 fully saturated rings. The van der Waals surface area contributed by atoms with Gasteiger partial charge in [0.25, 0.3) is 11.5 Å². The van der Waals surface area contributed by atoms with Crippen LogP contribution >= 0.6 is 12.4 Å². The molecule has 1 aliphatic rings. The molecule has 1 saturated heterocycles. The summed E-state index contributed by atoms with van der Waals surface area (Å²) in [7, 11) is 0. The lowest BCUT2D eigenvalue weighted by molar-refractivity contribution is 0.0627. The van der Waals surface area contributed by atoms with E-state index < -0.39 is 0 Å². The molecule has 0 saturated carbocycles. The first kappa shape index (κ1) is 19.9. The summed E-state index contributed by atoms with van der Waals surface area (Å²) in [6.07, 6.45) is 3.49. The van der Waals surface area contributed by atoms with Crippen LogP contribution in [0.3, 0.4) is 0 Å². The van der Waals surface area contributed by atoms with Crippen LogP contribution in [0.1, 0.15) is 27.7 Å². The molecule has 1 aliphatic heterocycles. The Morgan fingerprint density at radius 2 is 2.00 bits per heavy atom. The number of aromatic nitrogens is 3. The van der Waals surface area contributed by atoms with Gasteiger partial charge in [-0.15, -0.1) is 12.4 Å². The summed E-state index contributed by atoms with van der Waals surface area (Å²) < 4.78 is 1.40. The van der Waals surface area contributed by atoms with E-state index in [1.807, 2.05) is 43.3 Å². The summed E-state index contributed by atoms with van der Waals surface area (Å²) in [5, 5.41) is 6.28. The summed E-state index contributed by atoms with van der Waals surface area (Å²) >= 11 is 0. The number of piperazine rings is 1. The second-order valence-electron chi connectivity index (χ2n) is 6.68. The van der Waals surface area contributed by atoms with Crippen molar-refractivity contribution in [3.8, 4) is 5.69 Å². The molecule has 1 unspecified atom stereocenters. The Labute approximate surface area is 168 Å². The molecular formula is C20H22ClN5O2. The minimum absolute atomic E-state index is 0. The van der Waals surface area contributed by atoms with Crippen molar-refractivity contribution < 1.29 is 4.79 Å². The Bertz CT molecular complexity index is 997. The maximum Gasteiger partial charge on any atom is 0.272 e. The van der Waals surface area contributed by atoms with Crippen molar-refractivity contribution in [1.82, 2.24) is 25.0 Å². The normalized spacial score (nSPS) is 16.5. The van der Waals surface area contributed by atoms with Gasteiger partial charge in [0.1, 0.15) is 5.69 Å². The number of halogens is 1. The molecule has 3 heterocycles. The molecule has 0 bridgehead atoms. The number of hydrogen-bond donors (Lipinski definition) is 2. The minimum Gasteiger partial charge on any atom is -0.328 e. The van der Waals surface area contributed by atoms with Gasteiger partial charge in [-0.3, -0.25) is 19.7 Å². The number of carbonyl (C=O) groups excluding carboxylic acids is 1. The van der Waals surface area contributed by atoms with Crippen LogP contribution in [0.15, 0.2) is 59.7 Å². The van der Waals surface area contributed by atoms with Crippen LogP contribution in [0, 0.1) is 6.92 Å². The van der Waals surface area contributed by atoms with E-state index in [1.54, 1.807) is 17.3 Å². The lowest BCUT2D eigenvalue weighted by Gasteiger charge is -2.36. The van der Waals surface area contributed by atoms with E-state index in [0.29, 0.717) is 25.3 Å². The highest BCUT2D eigenvalue weighted by atomic mass is 35.5. The number of aryl methyl sites for hydroxylation is 1. The fourth-order valence-electron chi connectivity index (χ4n) is 3.36. The highest BCUT2D eigenvalue weighted by molar-refractivity contribution is 5.92. The second-order valence-corrected chi connectivity index (χ2v) is 6.68. The zero-order chi connectivity index (χ0) is 18.8. The van der Waals surface area contributed by atoms with Crippen LogP contribution in [0.4, 0.5) is 0 Å². The molecule has 2 aromatic heterocycles. The summed E-state index contributed by atoms with van der Waals surface area (Å²) in [6.45, 7) is 3.92. The van der Waals surface area contributed by atoms with Gasteiger partial charge in [-0.1, -0.05) is 23.8 Å². The molecule has 8 heteroatoms. The molecule has 1 atom stereocenters. The average molecular weight is 400 g/mol. The van der Waals surface area contributed by atoms with E-state index >= 15 is 0 Å². The van der Waals surface area contributed by atoms with Gasteiger partial charge < -0.3 is 10.2 Å². The van der Waals surface area contributed by atoms with Crippen LogP contribution in [-0.2, 0) is 0 Å². The highest BCUT2D eigenvalue weighted by Crippen LogP contribution is 2.23. The van der Waals surface area contributed by atoms with Crippen molar-refractivity contribution in [2.75, 3.05) is 19.6 Å². The van der Waals surface area contributed by atoms with E-state index in [0.717, 1.165) is 11.1 Å². The monoisotopic (exact) mass is 399 g/mol. The van der Waals surface area contributed by atoms with E-state index in [9.17, 15) is 9.59 Å². The van der Waals surface area contributed by atoms with Crippen LogP contribution < -0.4 is 10.9 Å². The predicted octanol–water partition coefficient (Wildman–Crippen LogP) is 2.08. The first-order chi connectivity index (χ1) is 13.1. The second kappa shape index (κ2) is 8.41. The van der Waals surface area contributed by atoms with Crippen LogP contribution in [-0.4, -0.2) is 45.2 Å². The van der Waals surface area contributed by atoms with Crippen molar-refractivity contribution in [1.29, 1.82) is 0 Å². The number of nitrogens with one attached hydrogen (secondary N) is 2. The number of amides is 1. The first-order valence-electron chi connectivity index (χ1n) is 8.94. The molecule has 28 heavy (non-hydrogen) atoms. The summed E-state index contributed by atoms with van der Waals surface area (Å²) in [6, 6.07) is 12.6. The lowest BCUT2D eigenvalue weighted by Crippen LogP contribution is -2.48. The van der Waals surface area contributed by atoms with Gasteiger partial charge in [-0.05, 0) is 30.7 Å². The van der Waals surface area contributed by atoms with Crippen molar-refractivity contribution in [3.63, 3.8) is 0 Å². The number of pyridine rings is 1. The fraction of sp³-hybridized carbons (Fsp3) is 0.250. The molecule has 0 aliphatic carbocycles. The molecule has 1 aromatic carbocycles. The molecule has 3 aromatic rings. The number of aromatic amines is 1. The maximum atomic E-state index is 13.1. The van der Waals surface area contributed by atoms with Gasteiger partial charge in [0.15, 0.2) is 0 Å². The Morgan fingerprint density at radius 3 is 2.71 bits per heavy atom. The van der Waals surface area contributed by atoms with Crippen molar-refractivity contribution >= 4 is 18.3 Å². The van der Waals surface area contributed by atoms with Gasteiger partial charge in [0.05, 0.1) is 11.7 Å². The van der Waals surface area contributed by atoms with E-state index in [-0.39, 0.29) is 35.6 Å². The van der Waals surface area contributed by atoms with Crippen LogP contribution in [0.25, 0.3) is 5.69 Å². The van der Waals surface area contributed by atoms with Gasteiger partial charge >= 0.3 is 0 Å². The lowest BCUT2D eigenvalue weighted by atomic mass is 10.0. The molecule has 146 valence electrons. The number of nitrogens with zero attached hydrogens (tertiary/aromatic N) is 3. The zero-order valence-electron chi connectivity index (χ0n) is 15.5. The van der Waals surface area contributed by atoms with E-state index in [4.69, 9.17) is 0 Å². The molecule has 1 amide bonds. The number of H-pyrrole nitrogens is 1. The number of carbonyl (C=O) groups is 1. The molecule has 2 N–H and O–H groups in total. The van der Waals surface area contributed by atoms with Gasteiger partial charge in [0.2, 0.25) is 0 Å². The quantitative estimate of drug-likeness (QED) is 0.706. The smallest absolute Gasteiger partial charge is 0.272 e. The van der Waals surface area contributed by atoms with Crippen molar-refractivity contribution in [2.24, 2.45) is 0 Å². The Kier molecular flexibility index (Phi) is 5.96. The topological polar surface area (TPSA) is 83.0 Å². The highest BCUT2D eigenvalue weighted by Gasteiger charge is 2.30. The Balaban J connectivity index is 0.00000225. The van der Waals surface area contributed by atoms with Gasteiger partial charge in [0, 0.05) is 38.1 Å². The maximum absolute atomic E-state index is 13.1. The van der Waals surface area contributed by atoms with Crippen molar-refractivity contribution in [2.45, 2.75) is 13.0 Å². The predicted molar refractivity (Wildman–Crippen MR) is 109 cm³/mol. The van der Waals surface area contributed by atoms with Gasteiger partial charge in [-0.25, -0.2) is 4.68 Å². The third-order valence-electron chi connectivity index (χ3n) is 4.82. The van der Waals surface area contributed by atoms with E-state index in [2.05, 4.69) is 15.4 Å². The molecule has 0 spiro atoms. The van der Waals surface area contributed by atoms with Crippen LogP contribution in [0.2, 0.25) is 0 Å². The molecule has 0 radical (unpaired) electrons. The van der Waals surface area contributed by atoms with Crippen molar-refractivity contribution in [3.05, 3.63) is 82.0 Å². The first-order valence-corrected chi connectivity index (χ1v) is 8.94. The van der Waals surface area contributed by atoms with Crippen LogP contribution in [0.5, 0.6) is 0 Å². The fourth-order valence-corrected chi connectivity index (χ4v) is 3.36. The van der Waals surface area contributed by atoms with E-state index in [1.165, 1.54) is 10.7 Å². The standard InChI is InChI=1S/C20H21N5O2.ClH/c1-14-4-6-16(7-5-14)25-19(26)11-17(23-25)20(27)24-10-9-22-13-18(24)15-3-2-8-21-12-15;/h2-8,11-12,18,22-23H,9-10,13H2,1H3;1H. The molecule has 4 rings (SSSR count). The third kappa shape index (κ3) is 3.85. The average Bonchev–Trinajstić information content (AvgIpc) is 3.10.